The number of rotatable bonds is 5. The standard InChI is InChI=1S/C25H32N2O2/c1-15(2)20-10-8-11-21(16(3)4)24(20)26-25(29)19-13-23(28)27(14-19)22-12-7-9-17(5)18(22)6/h7-12,15-16,19H,13-14H2,1-6H3,(H,26,29)/t19-/m0/s1. The summed E-state index contributed by atoms with van der Waals surface area (Å²) < 4.78 is 0. The fourth-order valence-electron chi connectivity index (χ4n) is 4.06. The normalized spacial score (nSPS) is 16.8. The third-order valence-corrected chi connectivity index (χ3v) is 5.98. The van der Waals surface area contributed by atoms with Gasteiger partial charge in [0.25, 0.3) is 0 Å². The molecular weight excluding hydrogens is 360 g/mol. The summed E-state index contributed by atoms with van der Waals surface area (Å²) in [5.74, 6) is 0.213. The van der Waals surface area contributed by atoms with Crippen LogP contribution in [-0.4, -0.2) is 18.4 Å². The molecule has 0 saturated carbocycles. The van der Waals surface area contributed by atoms with Gasteiger partial charge >= 0.3 is 0 Å². The second-order valence-electron chi connectivity index (χ2n) is 8.73. The highest BCUT2D eigenvalue weighted by atomic mass is 16.2. The van der Waals surface area contributed by atoms with E-state index in [1.54, 1.807) is 4.90 Å². The van der Waals surface area contributed by atoms with Gasteiger partial charge in [-0.05, 0) is 54.0 Å². The van der Waals surface area contributed by atoms with Crippen molar-refractivity contribution in [2.24, 2.45) is 5.92 Å². The van der Waals surface area contributed by atoms with Crippen molar-refractivity contribution in [3.05, 3.63) is 58.7 Å². The summed E-state index contributed by atoms with van der Waals surface area (Å²) >= 11 is 0. The van der Waals surface area contributed by atoms with Crippen LogP contribution >= 0.6 is 0 Å². The fraction of sp³-hybridized carbons (Fsp3) is 0.440. The topological polar surface area (TPSA) is 49.4 Å². The molecule has 1 atom stereocenters. The van der Waals surface area contributed by atoms with Crippen LogP contribution in [0.5, 0.6) is 0 Å². The van der Waals surface area contributed by atoms with E-state index in [2.05, 4.69) is 51.2 Å². The van der Waals surface area contributed by atoms with Crippen LogP contribution in [0.2, 0.25) is 0 Å². The molecular formula is C25H32N2O2. The van der Waals surface area contributed by atoms with Gasteiger partial charge in [0.15, 0.2) is 0 Å². The first-order valence-corrected chi connectivity index (χ1v) is 10.5. The lowest BCUT2D eigenvalue weighted by atomic mass is 9.92. The zero-order valence-corrected chi connectivity index (χ0v) is 18.4. The number of hydrogen-bond donors (Lipinski definition) is 1. The average molecular weight is 393 g/mol. The maximum Gasteiger partial charge on any atom is 0.229 e. The Labute approximate surface area is 174 Å². The number of aryl methyl sites for hydroxylation is 1. The van der Waals surface area contributed by atoms with Crippen molar-refractivity contribution >= 4 is 23.2 Å². The molecule has 0 radical (unpaired) electrons. The van der Waals surface area contributed by atoms with Gasteiger partial charge in [-0.1, -0.05) is 58.0 Å². The molecule has 4 nitrogen and oxygen atoms in total. The lowest BCUT2D eigenvalue weighted by molar-refractivity contribution is -0.122. The summed E-state index contributed by atoms with van der Waals surface area (Å²) in [7, 11) is 0. The Balaban J connectivity index is 1.84. The van der Waals surface area contributed by atoms with Crippen LogP contribution in [0.1, 0.15) is 68.2 Å². The van der Waals surface area contributed by atoms with E-state index in [0.717, 1.165) is 33.6 Å². The van der Waals surface area contributed by atoms with E-state index >= 15 is 0 Å². The van der Waals surface area contributed by atoms with Crippen LogP contribution in [0, 0.1) is 19.8 Å². The number of para-hydroxylation sites is 1. The van der Waals surface area contributed by atoms with Crippen LogP contribution in [0.15, 0.2) is 36.4 Å². The third-order valence-electron chi connectivity index (χ3n) is 5.98. The van der Waals surface area contributed by atoms with Gasteiger partial charge in [0.2, 0.25) is 11.8 Å². The molecule has 0 bridgehead atoms. The number of anilines is 2. The second kappa shape index (κ2) is 8.40. The van der Waals surface area contributed by atoms with Crippen molar-refractivity contribution in [1.29, 1.82) is 0 Å². The van der Waals surface area contributed by atoms with Crippen LogP contribution in [-0.2, 0) is 9.59 Å². The van der Waals surface area contributed by atoms with Crippen molar-refractivity contribution < 1.29 is 9.59 Å². The van der Waals surface area contributed by atoms with Gasteiger partial charge in [-0.3, -0.25) is 9.59 Å². The third kappa shape index (κ3) is 4.21. The Morgan fingerprint density at radius 2 is 1.59 bits per heavy atom. The summed E-state index contributed by atoms with van der Waals surface area (Å²) in [6.45, 7) is 13.0. The number of carbonyl (C=O) groups is 2. The first-order chi connectivity index (χ1) is 13.7. The van der Waals surface area contributed by atoms with Crippen LogP contribution in [0.3, 0.4) is 0 Å². The summed E-state index contributed by atoms with van der Waals surface area (Å²) in [6.07, 6.45) is 0.250. The molecule has 2 aromatic carbocycles. The molecule has 1 fully saturated rings. The van der Waals surface area contributed by atoms with Crippen molar-refractivity contribution in [1.82, 2.24) is 0 Å². The maximum absolute atomic E-state index is 13.1. The minimum Gasteiger partial charge on any atom is -0.325 e. The van der Waals surface area contributed by atoms with Gasteiger partial charge in [-0.2, -0.15) is 0 Å². The highest BCUT2D eigenvalue weighted by Gasteiger charge is 2.36. The molecule has 2 amide bonds. The zero-order chi connectivity index (χ0) is 21.3. The van der Waals surface area contributed by atoms with Crippen LogP contribution in [0.25, 0.3) is 0 Å². The zero-order valence-electron chi connectivity index (χ0n) is 18.4. The predicted molar refractivity (Wildman–Crippen MR) is 120 cm³/mol. The Kier molecular flexibility index (Phi) is 6.11. The Morgan fingerprint density at radius 3 is 2.17 bits per heavy atom. The van der Waals surface area contributed by atoms with E-state index in [9.17, 15) is 9.59 Å². The van der Waals surface area contributed by atoms with Gasteiger partial charge in [-0.25, -0.2) is 0 Å². The highest BCUT2D eigenvalue weighted by Crippen LogP contribution is 2.34. The molecule has 1 aliphatic rings. The molecule has 1 aliphatic heterocycles. The Bertz CT molecular complexity index is 904. The lowest BCUT2D eigenvalue weighted by Gasteiger charge is -2.22. The van der Waals surface area contributed by atoms with Gasteiger partial charge in [0.1, 0.15) is 0 Å². The van der Waals surface area contributed by atoms with E-state index < -0.39 is 0 Å². The summed E-state index contributed by atoms with van der Waals surface area (Å²) in [4.78, 5) is 27.6. The first-order valence-electron chi connectivity index (χ1n) is 10.5. The number of nitrogens with zero attached hydrogens (tertiary/aromatic N) is 1. The minimum absolute atomic E-state index is 0.0140. The molecule has 0 spiro atoms. The molecule has 0 aromatic heterocycles. The fourth-order valence-corrected chi connectivity index (χ4v) is 4.06. The number of benzene rings is 2. The van der Waals surface area contributed by atoms with E-state index in [4.69, 9.17) is 0 Å². The Hall–Kier alpha value is -2.62. The maximum atomic E-state index is 13.1. The number of nitrogens with one attached hydrogen (secondary N) is 1. The lowest BCUT2D eigenvalue weighted by Crippen LogP contribution is -2.29. The Morgan fingerprint density at radius 1 is 1.00 bits per heavy atom. The highest BCUT2D eigenvalue weighted by molar-refractivity contribution is 6.04. The van der Waals surface area contributed by atoms with Gasteiger partial charge < -0.3 is 10.2 Å². The van der Waals surface area contributed by atoms with Crippen LogP contribution < -0.4 is 10.2 Å². The monoisotopic (exact) mass is 392 g/mol. The van der Waals surface area contributed by atoms with E-state index in [-0.39, 0.29) is 24.2 Å². The van der Waals surface area contributed by atoms with E-state index in [1.807, 2.05) is 32.0 Å². The molecule has 4 heteroatoms. The van der Waals surface area contributed by atoms with Crippen molar-refractivity contribution in [3.63, 3.8) is 0 Å². The van der Waals surface area contributed by atoms with Crippen molar-refractivity contribution in [3.8, 4) is 0 Å². The van der Waals surface area contributed by atoms with E-state index in [0.29, 0.717) is 18.4 Å². The molecule has 0 unspecified atom stereocenters. The molecule has 2 aromatic rings. The van der Waals surface area contributed by atoms with E-state index in [1.165, 1.54) is 0 Å². The number of hydrogen-bond acceptors (Lipinski definition) is 2. The van der Waals surface area contributed by atoms with Crippen LogP contribution in [0.4, 0.5) is 11.4 Å². The summed E-state index contributed by atoms with van der Waals surface area (Å²) in [5, 5.41) is 3.18. The molecule has 29 heavy (non-hydrogen) atoms. The second-order valence-corrected chi connectivity index (χ2v) is 8.73. The smallest absolute Gasteiger partial charge is 0.229 e. The van der Waals surface area contributed by atoms with Crippen molar-refractivity contribution in [2.75, 3.05) is 16.8 Å². The first kappa shape index (κ1) is 21.1. The number of amides is 2. The molecule has 0 aliphatic carbocycles. The summed E-state index contributed by atoms with van der Waals surface area (Å²) in [5.41, 5.74) is 6.35. The minimum atomic E-state index is -0.345. The van der Waals surface area contributed by atoms with Crippen molar-refractivity contribution in [2.45, 2.75) is 59.8 Å². The molecule has 3 rings (SSSR count). The quantitative estimate of drug-likeness (QED) is 0.726. The summed E-state index contributed by atoms with van der Waals surface area (Å²) in [6, 6.07) is 12.2. The molecule has 1 saturated heterocycles. The number of carbonyl (C=O) groups excluding carboxylic acids is 2. The SMILES string of the molecule is Cc1cccc(N2C[C@@H](C(=O)Nc3c(C(C)C)cccc3C(C)C)CC2=O)c1C. The van der Waals surface area contributed by atoms with Gasteiger partial charge in [0.05, 0.1) is 5.92 Å². The molecule has 1 N–H and O–H groups in total. The predicted octanol–water partition coefficient (Wildman–Crippen LogP) is 5.54. The largest absolute Gasteiger partial charge is 0.325 e. The van der Waals surface area contributed by atoms with Gasteiger partial charge in [-0.15, -0.1) is 0 Å². The molecule has 154 valence electrons. The van der Waals surface area contributed by atoms with Gasteiger partial charge in [0, 0.05) is 24.3 Å². The molecule has 1 heterocycles. The average Bonchev–Trinajstić information content (AvgIpc) is 3.05.